The molecule has 1 N–H and O–H groups in total. The molecule has 0 amide bonds. The Labute approximate surface area is 120 Å². The molecule has 2 aromatic rings. The average molecular weight is 264 g/mol. The highest BCUT2D eigenvalue weighted by Crippen LogP contribution is 2.45. The molecule has 0 spiro atoms. The van der Waals surface area contributed by atoms with Crippen molar-refractivity contribution in [2.75, 3.05) is 0 Å². The quantitative estimate of drug-likeness (QED) is 0.643. The number of H-pyrrole nitrogens is 1. The van der Waals surface area contributed by atoms with E-state index in [2.05, 4.69) is 52.1 Å². The summed E-state index contributed by atoms with van der Waals surface area (Å²) in [6.07, 6.45) is 9.49. The largest absolute Gasteiger partial charge is 0.348 e. The van der Waals surface area contributed by atoms with Crippen LogP contribution in [0.15, 0.2) is 42.9 Å². The average Bonchev–Trinajstić information content (AvgIpc) is 3.05. The summed E-state index contributed by atoms with van der Waals surface area (Å²) in [6, 6.07) is 10.7. The van der Waals surface area contributed by atoms with Crippen molar-refractivity contribution in [3.05, 3.63) is 54.1 Å². The smallest absolute Gasteiger partial charge is 0.0921 e. The molecular weight excluding hydrogens is 244 g/mol. The van der Waals surface area contributed by atoms with Gasteiger partial charge in [0.05, 0.1) is 6.33 Å². The van der Waals surface area contributed by atoms with Gasteiger partial charge < -0.3 is 4.98 Å². The van der Waals surface area contributed by atoms with Crippen LogP contribution in [0, 0.1) is 17.8 Å². The van der Waals surface area contributed by atoms with Crippen LogP contribution in [0.25, 0.3) is 0 Å². The standard InChI is InChI=1S/C18H20N2/c1(4-8-15-9-5-3-6-10-15)2-7-11-16-12-17(16)18-13-19-14-20-18/h3,5-6,9-10,13-14,16-17H,1-2,4,8,12H2,(H,19,20)/t16-,17-/m1/s1. The highest BCUT2D eigenvalue weighted by atomic mass is 14.9. The maximum atomic E-state index is 4.06. The van der Waals surface area contributed by atoms with Gasteiger partial charge in [0.2, 0.25) is 0 Å². The second-order valence-corrected chi connectivity index (χ2v) is 5.47. The zero-order valence-electron chi connectivity index (χ0n) is 11.7. The summed E-state index contributed by atoms with van der Waals surface area (Å²) in [6.45, 7) is 0. The molecule has 2 nitrogen and oxygen atoms in total. The fourth-order valence-electron chi connectivity index (χ4n) is 2.56. The first-order valence-electron chi connectivity index (χ1n) is 7.44. The normalized spacial score (nSPS) is 20.2. The second kappa shape index (κ2) is 6.43. The number of benzene rings is 1. The van der Waals surface area contributed by atoms with Crippen LogP contribution in [0.5, 0.6) is 0 Å². The van der Waals surface area contributed by atoms with Crippen LogP contribution in [-0.2, 0) is 6.42 Å². The van der Waals surface area contributed by atoms with Gasteiger partial charge in [0.25, 0.3) is 0 Å². The minimum Gasteiger partial charge on any atom is -0.348 e. The Morgan fingerprint density at radius 3 is 2.90 bits per heavy atom. The van der Waals surface area contributed by atoms with Crippen LogP contribution in [0.1, 0.15) is 42.9 Å². The first-order chi connectivity index (χ1) is 9.93. The summed E-state index contributed by atoms with van der Waals surface area (Å²) < 4.78 is 0. The Hall–Kier alpha value is -2.01. The van der Waals surface area contributed by atoms with Crippen LogP contribution in [0.3, 0.4) is 0 Å². The van der Waals surface area contributed by atoms with Gasteiger partial charge in [0.15, 0.2) is 0 Å². The predicted molar refractivity (Wildman–Crippen MR) is 81.2 cm³/mol. The van der Waals surface area contributed by atoms with Crippen LogP contribution in [0.4, 0.5) is 0 Å². The number of aromatic nitrogens is 2. The lowest BCUT2D eigenvalue weighted by Gasteiger charge is -1.98. The number of nitrogens with zero attached hydrogens (tertiary/aromatic N) is 1. The van der Waals surface area contributed by atoms with Gasteiger partial charge >= 0.3 is 0 Å². The molecule has 20 heavy (non-hydrogen) atoms. The summed E-state index contributed by atoms with van der Waals surface area (Å²) in [7, 11) is 0. The van der Waals surface area contributed by atoms with Crippen molar-refractivity contribution in [3.8, 4) is 11.8 Å². The third-order valence-corrected chi connectivity index (χ3v) is 3.86. The Balaban J connectivity index is 1.33. The van der Waals surface area contributed by atoms with Crippen LogP contribution < -0.4 is 0 Å². The van der Waals surface area contributed by atoms with Crippen LogP contribution in [0.2, 0.25) is 0 Å². The number of hydrogen-bond donors (Lipinski definition) is 1. The van der Waals surface area contributed by atoms with Crippen molar-refractivity contribution in [3.63, 3.8) is 0 Å². The minimum absolute atomic E-state index is 0.560. The van der Waals surface area contributed by atoms with Gasteiger partial charge in [-0.15, -0.1) is 5.92 Å². The maximum absolute atomic E-state index is 4.06. The Kier molecular flexibility index (Phi) is 4.18. The third-order valence-electron chi connectivity index (χ3n) is 3.86. The number of rotatable bonds is 5. The molecule has 1 aliphatic rings. The number of aromatic amines is 1. The summed E-state index contributed by atoms with van der Waals surface area (Å²) in [5.41, 5.74) is 2.68. The third kappa shape index (κ3) is 3.51. The fourth-order valence-corrected chi connectivity index (χ4v) is 2.56. The molecule has 0 aliphatic heterocycles. The first kappa shape index (κ1) is 13.0. The Bertz CT molecular complexity index is 575. The number of unbranched alkanes of at least 4 members (excludes halogenated alkanes) is 2. The molecule has 1 aromatic heterocycles. The number of nitrogens with one attached hydrogen (secondary N) is 1. The van der Waals surface area contributed by atoms with Gasteiger partial charge in [-0.05, 0) is 31.2 Å². The molecule has 1 saturated carbocycles. The summed E-state index contributed by atoms with van der Waals surface area (Å²) in [5.74, 6) is 7.90. The maximum Gasteiger partial charge on any atom is 0.0921 e. The van der Waals surface area contributed by atoms with Crippen molar-refractivity contribution in [1.82, 2.24) is 9.97 Å². The first-order valence-corrected chi connectivity index (χ1v) is 7.44. The minimum atomic E-state index is 0.560. The number of hydrogen-bond acceptors (Lipinski definition) is 1. The van der Waals surface area contributed by atoms with Gasteiger partial charge in [0, 0.05) is 30.1 Å². The SMILES string of the molecule is C(#C[C@@H]1C[C@H]1c1cnc[nH]1)CCCCc1ccccc1. The van der Waals surface area contributed by atoms with Crippen molar-refractivity contribution >= 4 is 0 Å². The van der Waals surface area contributed by atoms with Crippen LogP contribution in [-0.4, -0.2) is 9.97 Å². The van der Waals surface area contributed by atoms with Gasteiger partial charge in [-0.3, -0.25) is 0 Å². The van der Waals surface area contributed by atoms with E-state index in [0.717, 1.165) is 6.42 Å². The lowest BCUT2D eigenvalue weighted by molar-refractivity contribution is 0.756. The topological polar surface area (TPSA) is 28.7 Å². The van der Waals surface area contributed by atoms with E-state index in [9.17, 15) is 0 Å². The number of imidazole rings is 1. The Morgan fingerprint density at radius 2 is 2.10 bits per heavy atom. The molecule has 2 heteroatoms. The molecule has 0 unspecified atom stereocenters. The molecule has 3 rings (SSSR count). The summed E-state index contributed by atoms with van der Waals surface area (Å²) in [5, 5.41) is 0. The van der Waals surface area contributed by atoms with E-state index in [1.807, 2.05) is 6.20 Å². The van der Waals surface area contributed by atoms with Gasteiger partial charge in [-0.2, -0.15) is 0 Å². The molecule has 1 aliphatic carbocycles. The zero-order valence-corrected chi connectivity index (χ0v) is 11.7. The van der Waals surface area contributed by atoms with E-state index >= 15 is 0 Å². The van der Waals surface area contributed by atoms with E-state index in [1.165, 1.54) is 36.9 Å². The van der Waals surface area contributed by atoms with Gasteiger partial charge in [0.1, 0.15) is 0 Å². The molecule has 0 saturated heterocycles. The highest BCUT2D eigenvalue weighted by Gasteiger charge is 2.37. The monoisotopic (exact) mass is 264 g/mol. The van der Waals surface area contributed by atoms with Gasteiger partial charge in [-0.1, -0.05) is 36.3 Å². The fraction of sp³-hybridized carbons (Fsp3) is 0.389. The van der Waals surface area contributed by atoms with Crippen LogP contribution >= 0.6 is 0 Å². The van der Waals surface area contributed by atoms with Crippen molar-refractivity contribution in [1.29, 1.82) is 0 Å². The number of aryl methyl sites for hydroxylation is 1. The molecule has 102 valence electrons. The molecule has 0 bridgehead atoms. The Morgan fingerprint density at radius 1 is 1.20 bits per heavy atom. The van der Waals surface area contributed by atoms with E-state index in [-0.39, 0.29) is 0 Å². The molecule has 1 aromatic carbocycles. The van der Waals surface area contributed by atoms with E-state index < -0.39 is 0 Å². The molecule has 1 fully saturated rings. The molecule has 1 heterocycles. The summed E-state index contributed by atoms with van der Waals surface area (Å²) in [4.78, 5) is 7.24. The zero-order chi connectivity index (χ0) is 13.6. The molecular formula is C18H20N2. The van der Waals surface area contributed by atoms with Crippen molar-refractivity contribution in [2.45, 2.75) is 38.0 Å². The summed E-state index contributed by atoms with van der Waals surface area (Å²) >= 11 is 0. The van der Waals surface area contributed by atoms with E-state index in [0.29, 0.717) is 11.8 Å². The molecule has 0 radical (unpaired) electrons. The molecule has 2 atom stereocenters. The van der Waals surface area contributed by atoms with Crippen molar-refractivity contribution in [2.24, 2.45) is 5.92 Å². The predicted octanol–water partition coefficient (Wildman–Crippen LogP) is 3.93. The van der Waals surface area contributed by atoms with E-state index in [1.54, 1.807) is 6.33 Å². The highest BCUT2D eigenvalue weighted by molar-refractivity contribution is 5.24. The van der Waals surface area contributed by atoms with E-state index in [4.69, 9.17) is 0 Å². The second-order valence-electron chi connectivity index (χ2n) is 5.47. The van der Waals surface area contributed by atoms with Crippen molar-refractivity contribution < 1.29 is 0 Å². The van der Waals surface area contributed by atoms with Gasteiger partial charge in [-0.25, -0.2) is 4.98 Å². The lowest BCUT2D eigenvalue weighted by Crippen LogP contribution is -1.84. The lowest BCUT2D eigenvalue weighted by atomic mass is 10.1.